The molecule has 0 spiro atoms. The van der Waals surface area contributed by atoms with E-state index in [4.69, 9.17) is 9.47 Å². The van der Waals surface area contributed by atoms with Crippen molar-refractivity contribution in [2.45, 2.75) is 52.6 Å². The molecule has 3 heteroatoms. The summed E-state index contributed by atoms with van der Waals surface area (Å²) in [7, 11) is 0. The summed E-state index contributed by atoms with van der Waals surface area (Å²) in [6.45, 7) is 12.0. The van der Waals surface area contributed by atoms with Crippen molar-refractivity contribution in [1.29, 1.82) is 0 Å². The molecule has 1 aliphatic rings. The first-order valence-electron chi connectivity index (χ1n) is 6.77. The Morgan fingerprint density at radius 1 is 1.53 bits per heavy atom. The van der Waals surface area contributed by atoms with Gasteiger partial charge in [0.15, 0.2) is 0 Å². The van der Waals surface area contributed by atoms with Crippen LogP contribution in [0.4, 0.5) is 0 Å². The molecule has 0 aliphatic carbocycles. The van der Waals surface area contributed by atoms with E-state index in [2.05, 4.69) is 26.5 Å². The third-order valence-corrected chi connectivity index (χ3v) is 3.27. The van der Waals surface area contributed by atoms with Gasteiger partial charge in [0.1, 0.15) is 11.4 Å². The van der Waals surface area contributed by atoms with Gasteiger partial charge in [0.05, 0.1) is 12.2 Å². The van der Waals surface area contributed by atoms with Crippen LogP contribution in [0.1, 0.15) is 47.0 Å². The Balaban J connectivity index is 2.73. The molecule has 1 aliphatic heterocycles. The van der Waals surface area contributed by atoms with Crippen LogP contribution in [0.3, 0.4) is 0 Å². The van der Waals surface area contributed by atoms with Gasteiger partial charge < -0.3 is 9.47 Å². The number of ether oxygens (including phenoxy) is 2. The third-order valence-electron chi connectivity index (χ3n) is 3.27. The molecule has 0 bridgehead atoms. The molecule has 0 aromatic carbocycles. The van der Waals surface area contributed by atoms with Crippen molar-refractivity contribution in [2.75, 3.05) is 6.61 Å². The summed E-state index contributed by atoms with van der Waals surface area (Å²) in [4.78, 5) is 11.8. The van der Waals surface area contributed by atoms with Crippen molar-refractivity contribution in [1.82, 2.24) is 0 Å². The van der Waals surface area contributed by atoms with Crippen molar-refractivity contribution in [3.8, 4) is 0 Å². The van der Waals surface area contributed by atoms with Crippen molar-refractivity contribution >= 4 is 5.97 Å². The van der Waals surface area contributed by atoms with E-state index in [0.29, 0.717) is 24.4 Å². The zero-order valence-electron chi connectivity index (χ0n) is 12.4. The predicted molar refractivity (Wildman–Crippen MR) is 76.6 cm³/mol. The highest BCUT2D eigenvalue weighted by atomic mass is 16.5. The molecule has 0 amide bonds. The standard InChI is InChI=1S/C16H24O3/c1-6-16(10-8-9-12(3)4)11-14(13(5)19-16)15(17)18-7-2/h6,9H,1,7-8,10-11H2,2-5H3. The number of carbonyl (C=O) groups excluding carboxylic acids is 1. The Kier molecular flexibility index (Phi) is 5.40. The van der Waals surface area contributed by atoms with Crippen LogP contribution in [-0.2, 0) is 14.3 Å². The van der Waals surface area contributed by atoms with Gasteiger partial charge in [0, 0.05) is 6.42 Å². The average Bonchev–Trinajstić information content (AvgIpc) is 2.67. The van der Waals surface area contributed by atoms with Crippen LogP contribution < -0.4 is 0 Å². The van der Waals surface area contributed by atoms with E-state index in [1.807, 2.05) is 13.0 Å². The first-order chi connectivity index (χ1) is 8.94. The zero-order chi connectivity index (χ0) is 14.5. The molecular weight excluding hydrogens is 240 g/mol. The topological polar surface area (TPSA) is 35.5 Å². The number of esters is 1. The highest BCUT2D eigenvalue weighted by Gasteiger charge is 2.39. The fourth-order valence-electron chi connectivity index (χ4n) is 2.22. The first kappa shape index (κ1) is 15.5. The Morgan fingerprint density at radius 2 is 2.21 bits per heavy atom. The lowest BCUT2D eigenvalue weighted by molar-refractivity contribution is -0.138. The van der Waals surface area contributed by atoms with Gasteiger partial charge in [-0.1, -0.05) is 18.2 Å². The molecule has 0 aromatic rings. The molecule has 106 valence electrons. The van der Waals surface area contributed by atoms with Crippen molar-refractivity contribution < 1.29 is 14.3 Å². The molecule has 1 unspecified atom stereocenters. The largest absolute Gasteiger partial charge is 0.487 e. The summed E-state index contributed by atoms with van der Waals surface area (Å²) in [5.41, 5.74) is 1.46. The lowest BCUT2D eigenvalue weighted by Gasteiger charge is -2.25. The van der Waals surface area contributed by atoms with E-state index in [1.54, 1.807) is 6.92 Å². The molecule has 19 heavy (non-hydrogen) atoms. The van der Waals surface area contributed by atoms with Crippen molar-refractivity contribution in [3.05, 3.63) is 35.6 Å². The number of rotatable bonds is 6. The van der Waals surface area contributed by atoms with E-state index < -0.39 is 5.60 Å². The number of hydrogen-bond donors (Lipinski definition) is 0. The molecule has 3 nitrogen and oxygen atoms in total. The van der Waals surface area contributed by atoms with E-state index in [-0.39, 0.29) is 5.97 Å². The first-order valence-corrected chi connectivity index (χ1v) is 6.77. The minimum absolute atomic E-state index is 0.272. The smallest absolute Gasteiger partial charge is 0.337 e. The van der Waals surface area contributed by atoms with Crippen LogP contribution in [0.5, 0.6) is 0 Å². The quantitative estimate of drug-likeness (QED) is 0.539. The van der Waals surface area contributed by atoms with E-state index in [0.717, 1.165) is 12.8 Å². The molecule has 0 saturated heterocycles. The van der Waals surface area contributed by atoms with E-state index in [1.165, 1.54) is 5.57 Å². The molecular formula is C16H24O3. The van der Waals surface area contributed by atoms with Gasteiger partial charge in [-0.25, -0.2) is 4.79 Å². The van der Waals surface area contributed by atoms with Gasteiger partial charge >= 0.3 is 5.97 Å². The monoisotopic (exact) mass is 264 g/mol. The maximum Gasteiger partial charge on any atom is 0.337 e. The molecule has 0 fully saturated rings. The van der Waals surface area contributed by atoms with Gasteiger partial charge in [-0.05, 0) is 46.6 Å². The highest BCUT2D eigenvalue weighted by Crippen LogP contribution is 2.38. The minimum Gasteiger partial charge on any atom is -0.487 e. The fourth-order valence-corrected chi connectivity index (χ4v) is 2.22. The van der Waals surface area contributed by atoms with E-state index >= 15 is 0 Å². The second-order valence-corrected chi connectivity index (χ2v) is 5.12. The third kappa shape index (κ3) is 3.98. The SMILES string of the molecule is C=CC1(CCC=C(C)C)CC(C(=O)OCC)=C(C)O1. The lowest BCUT2D eigenvalue weighted by atomic mass is 9.91. The van der Waals surface area contributed by atoms with Crippen molar-refractivity contribution in [3.63, 3.8) is 0 Å². The number of hydrogen-bond acceptors (Lipinski definition) is 3. The molecule has 0 saturated carbocycles. The summed E-state index contributed by atoms with van der Waals surface area (Å²) >= 11 is 0. The predicted octanol–water partition coefficient (Wildman–Crippen LogP) is 3.92. The summed E-state index contributed by atoms with van der Waals surface area (Å²) in [5, 5.41) is 0. The molecule has 1 heterocycles. The molecule has 0 N–H and O–H groups in total. The summed E-state index contributed by atoms with van der Waals surface area (Å²) < 4.78 is 10.9. The van der Waals surface area contributed by atoms with Crippen LogP contribution >= 0.6 is 0 Å². The average molecular weight is 264 g/mol. The Bertz CT molecular complexity index is 414. The maximum atomic E-state index is 11.8. The normalized spacial score (nSPS) is 21.9. The highest BCUT2D eigenvalue weighted by molar-refractivity contribution is 5.89. The second kappa shape index (κ2) is 6.60. The second-order valence-electron chi connectivity index (χ2n) is 5.12. The summed E-state index contributed by atoms with van der Waals surface area (Å²) in [6, 6.07) is 0. The maximum absolute atomic E-state index is 11.8. The van der Waals surface area contributed by atoms with Crippen LogP contribution in [0, 0.1) is 0 Å². The Labute approximate surface area is 116 Å². The minimum atomic E-state index is -0.460. The summed E-state index contributed by atoms with van der Waals surface area (Å²) in [5.74, 6) is 0.390. The molecule has 1 rings (SSSR count). The fraction of sp³-hybridized carbons (Fsp3) is 0.562. The van der Waals surface area contributed by atoms with Gasteiger partial charge in [-0.15, -0.1) is 0 Å². The lowest BCUT2D eigenvalue weighted by Crippen LogP contribution is -2.25. The Hall–Kier alpha value is -1.51. The molecule has 0 radical (unpaired) electrons. The zero-order valence-corrected chi connectivity index (χ0v) is 12.4. The van der Waals surface area contributed by atoms with Crippen LogP contribution in [0.2, 0.25) is 0 Å². The number of carbonyl (C=O) groups is 1. The van der Waals surface area contributed by atoms with Gasteiger partial charge in [0.2, 0.25) is 0 Å². The summed E-state index contributed by atoms with van der Waals surface area (Å²) in [6.07, 6.45) is 6.27. The van der Waals surface area contributed by atoms with Crippen molar-refractivity contribution in [2.24, 2.45) is 0 Å². The Morgan fingerprint density at radius 3 is 2.74 bits per heavy atom. The van der Waals surface area contributed by atoms with E-state index in [9.17, 15) is 4.79 Å². The molecule has 1 atom stereocenters. The van der Waals surface area contributed by atoms with Crippen LogP contribution in [-0.4, -0.2) is 18.2 Å². The van der Waals surface area contributed by atoms with Crippen LogP contribution in [0.15, 0.2) is 35.6 Å². The van der Waals surface area contributed by atoms with Gasteiger partial charge in [-0.3, -0.25) is 0 Å². The number of allylic oxidation sites excluding steroid dienone is 3. The molecule has 0 aromatic heterocycles. The van der Waals surface area contributed by atoms with Gasteiger partial charge in [-0.2, -0.15) is 0 Å². The van der Waals surface area contributed by atoms with Gasteiger partial charge in [0.25, 0.3) is 0 Å². The van der Waals surface area contributed by atoms with Crippen LogP contribution in [0.25, 0.3) is 0 Å².